The number of aliphatic carboxylic acids is 2. The molecule has 0 aliphatic carbocycles. The first kappa shape index (κ1) is 60.3. The average molecular weight is 961 g/mol. The van der Waals surface area contributed by atoms with Gasteiger partial charge in [0.2, 0.25) is 53.2 Å². The predicted molar refractivity (Wildman–Crippen MR) is 235 cm³/mol. The SMILES string of the molecule is CC(C)[C@H](NC(=O)[C@H](CCC(=O)O)NC(=O)[C@@H](NC(=O)CNC(=O)CNC(=O)[C@H](CCC(N)=O)NC(=O)[C@H](CCCCN)NC(=O)[C@H](CCCN=C(N)N)NC(=O)[C@@H](N)CO)[C@@H](C)O)C(=O)O. The number of rotatable bonds is 34. The van der Waals surface area contributed by atoms with Crippen molar-refractivity contribution in [1.82, 2.24) is 42.5 Å². The zero-order valence-electron chi connectivity index (χ0n) is 37.7. The number of guanidine groups is 1. The fraction of sp³-hybridized carbons (Fsp3) is 0.684. The van der Waals surface area contributed by atoms with Gasteiger partial charge in [0, 0.05) is 19.4 Å². The first-order valence-corrected chi connectivity index (χ1v) is 21.2. The van der Waals surface area contributed by atoms with Crippen LogP contribution in [0.15, 0.2) is 4.99 Å². The molecule has 0 aromatic heterocycles. The number of nitrogens with one attached hydrogen (secondary N) is 8. The zero-order chi connectivity index (χ0) is 51.4. The summed E-state index contributed by atoms with van der Waals surface area (Å²) in [6, 6.07) is -10.3. The molecule has 0 saturated carbocycles. The van der Waals surface area contributed by atoms with Gasteiger partial charge in [-0.1, -0.05) is 13.8 Å². The molecule has 0 unspecified atom stereocenters. The van der Waals surface area contributed by atoms with Gasteiger partial charge in [-0.2, -0.15) is 0 Å². The van der Waals surface area contributed by atoms with Crippen molar-refractivity contribution in [3.63, 3.8) is 0 Å². The summed E-state index contributed by atoms with van der Waals surface area (Å²) in [6.07, 6.45) is -2.70. The number of carbonyl (C=O) groups excluding carboxylic acids is 9. The van der Waals surface area contributed by atoms with Crippen LogP contribution in [0.25, 0.3) is 0 Å². The number of amides is 9. The molecule has 22 N–H and O–H groups in total. The van der Waals surface area contributed by atoms with Crippen LogP contribution in [0.1, 0.15) is 78.6 Å². The molecule has 0 spiro atoms. The Morgan fingerprint density at radius 1 is 0.567 bits per heavy atom. The highest BCUT2D eigenvalue weighted by molar-refractivity contribution is 5.97. The van der Waals surface area contributed by atoms with Crippen LogP contribution in [0.5, 0.6) is 0 Å². The minimum absolute atomic E-state index is 0.0159. The van der Waals surface area contributed by atoms with Gasteiger partial charge in [0.25, 0.3) is 0 Å². The van der Waals surface area contributed by atoms with E-state index < -0.39 is 158 Å². The third kappa shape index (κ3) is 25.5. The van der Waals surface area contributed by atoms with E-state index in [0.29, 0.717) is 12.8 Å². The summed E-state index contributed by atoms with van der Waals surface area (Å²) in [4.78, 5) is 143. The van der Waals surface area contributed by atoms with Crippen LogP contribution in [0.2, 0.25) is 0 Å². The molecule has 29 heteroatoms. The van der Waals surface area contributed by atoms with E-state index >= 15 is 0 Å². The van der Waals surface area contributed by atoms with Gasteiger partial charge in [-0.3, -0.25) is 52.9 Å². The summed E-state index contributed by atoms with van der Waals surface area (Å²) >= 11 is 0. The molecule has 0 saturated heterocycles. The number of nitrogens with two attached hydrogens (primary N) is 5. The van der Waals surface area contributed by atoms with Crippen molar-refractivity contribution in [2.24, 2.45) is 39.6 Å². The van der Waals surface area contributed by atoms with Gasteiger partial charge in [0.05, 0.1) is 25.8 Å². The van der Waals surface area contributed by atoms with Crippen molar-refractivity contribution in [2.75, 3.05) is 32.8 Å². The van der Waals surface area contributed by atoms with E-state index in [9.17, 15) is 68.1 Å². The van der Waals surface area contributed by atoms with Crippen molar-refractivity contribution >= 4 is 71.1 Å². The second-order valence-corrected chi connectivity index (χ2v) is 15.6. The smallest absolute Gasteiger partial charge is 0.326 e. The minimum atomic E-state index is -1.77. The van der Waals surface area contributed by atoms with Crippen LogP contribution in [-0.4, -0.2) is 173 Å². The number of aliphatic imine (C=N–C) groups is 1. The molecule has 0 fully saturated rings. The molecular formula is C38H68N14O15. The molecule has 67 heavy (non-hydrogen) atoms. The van der Waals surface area contributed by atoms with E-state index in [1.165, 1.54) is 13.8 Å². The number of hydrogen-bond acceptors (Lipinski definition) is 16. The maximum Gasteiger partial charge on any atom is 0.326 e. The third-order valence-electron chi connectivity index (χ3n) is 9.47. The van der Waals surface area contributed by atoms with Crippen LogP contribution in [0.4, 0.5) is 0 Å². The molecule has 9 amide bonds. The maximum absolute atomic E-state index is 13.6. The van der Waals surface area contributed by atoms with Gasteiger partial charge in [0.15, 0.2) is 5.96 Å². The molecule has 0 aromatic rings. The molecule has 29 nitrogen and oxygen atoms in total. The summed E-state index contributed by atoms with van der Waals surface area (Å²) in [7, 11) is 0. The first-order chi connectivity index (χ1) is 31.3. The first-order valence-electron chi connectivity index (χ1n) is 21.2. The summed E-state index contributed by atoms with van der Waals surface area (Å²) in [5.41, 5.74) is 27.2. The Bertz CT molecular complexity index is 1740. The monoisotopic (exact) mass is 960 g/mol. The lowest BCUT2D eigenvalue weighted by molar-refractivity contribution is -0.144. The largest absolute Gasteiger partial charge is 0.481 e. The number of carbonyl (C=O) groups is 11. The second kappa shape index (κ2) is 32.0. The third-order valence-corrected chi connectivity index (χ3v) is 9.47. The number of carboxylic acids is 2. The van der Waals surface area contributed by atoms with Crippen LogP contribution in [0.3, 0.4) is 0 Å². The lowest BCUT2D eigenvalue weighted by Crippen LogP contribution is -2.59. The van der Waals surface area contributed by atoms with Crippen molar-refractivity contribution < 1.29 is 73.2 Å². The molecule has 380 valence electrons. The summed E-state index contributed by atoms with van der Waals surface area (Å²) in [5.74, 6) is -12.3. The van der Waals surface area contributed by atoms with E-state index in [2.05, 4.69) is 47.5 Å². The molecule has 8 atom stereocenters. The van der Waals surface area contributed by atoms with Gasteiger partial charge in [-0.25, -0.2) is 4.79 Å². The Morgan fingerprint density at radius 3 is 1.55 bits per heavy atom. The summed E-state index contributed by atoms with van der Waals surface area (Å²) < 4.78 is 0. The van der Waals surface area contributed by atoms with Crippen LogP contribution in [0, 0.1) is 5.92 Å². The molecule has 0 aliphatic heterocycles. The molecule has 0 rings (SSSR count). The van der Waals surface area contributed by atoms with Gasteiger partial charge < -0.3 is 91.6 Å². The normalized spacial score (nSPS) is 14.4. The van der Waals surface area contributed by atoms with Gasteiger partial charge in [-0.15, -0.1) is 0 Å². The Morgan fingerprint density at radius 2 is 1.06 bits per heavy atom. The summed E-state index contributed by atoms with van der Waals surface area (Å²) in [6.45, 7) is 2.00. The predicted octanol–water partition coefficient (Wildman–Crippen LogP) is -8.12. The molecule has 0 aromatic carbocycles. The average Bonchev–Trinajstić information content (AvgIpc) is 3.25. The van der Waals surface area contributed by atoms with Crippen LogP contribution < -0.4 is 71.2 Å². The lowest BCUT2D eigenvalue weighted by Gasteiger charge is -2.26. The highest BCUT2D eigenvalue weighted by Gasteiger charge is 2.34. The number of carboxylic acid groups (broad SMARTS) is 2. The fourth-order valence-corrected chi connectivity index (χ4v) is 5.72. The Hall–Kier alpha value is -6.72. The van der Waals surface area contributed by atoms with Gasteiger partial charge in [0.1, 0.15) is 42.3 Å². The van der Waals surface area contributed by atoms with Crippen molar-refractivity contribution in [2.45, 2.75) is 127 Å². The van der Waals surface area contributed by atoms with E-state index in [4.69, 9.17) is 33.8 Å². The standard InChI is InChI=1S/C38H68N14O15/c1-18(2)29(37(66)67)52-35(64)24(10-12-28(58)59)50-36(65)30(19(3)54)51-27(57)16-45-26(56)15-46-32(61)23(9-11-25(41)55)49-33(62)21(7-4-5-13-39)48-34(63)22(8-6-14-44-38(42)43)47-31(60)20(40)17-53/h18-24,29-30,53-54H,4-17,39-40H2,1-3H3,(H2,41,55)(H,45,56)(H,46,61)(H,47,60)(H,48,63)(H,49,62)(H,50,65)(H,51,57)(H,52,64)(H,58,59)(H,66,67)(H4,42,43,44)/t19-,20+,21+,22+,23+,24+,29+,30+/m1/s1. The Balaban J connectivity index is 5.90. The number of hydrogen-bond donors (Lipinski definition) is 17. The highest BCUT2D eigenvalue weighted by atomic mass is 16.4. The molecule has 0 heterocycles. The van der Waals surface area contributed by atoms with E-state index in [-0.39, 0.29) is 44.7 Å². The van der Waals surface area contributed by atoms with Gasteiger partial charge >= 0.3 is 11.9 Å². The molecule has 0 bridgehead atoms. The van der Waals surface area contributed by atoms with E-state index in [1.807, 2.05) is 0 Å². The topological polar surface area (TPSA) is 507 Å². The zero-order valence-corrected chi connectivity index (χ0v) is 37.7. The minimum Gasteiger partial charge on any atom is -0.481 e. The molecule has 0 radical (unpaired) electrons. The van der Waals surface area contributed by atoms with Crippen molar-refractivity contribution in [3.8, 4) is 0 Å². The van der Waals surface area contributed by atoms with Crippen LogP contribution >= 0.6 is 0 Å². The van der Waals surface area contributed by atoms with Crippen molar-refractivity contribution in [1.29, 1.82) is 0 Å². The second-order valence-electron chi connectivity index (χ2n) is 15.6. The van der Waals surface area contributed by atoms with E-state index in [0.717, 1.165) is 6.92 Å². The molecule has 0 aliphatic rings. The molecular weight excluding hydrogens is 893 g/mol. The number of nitrogens with zero attached hydrogens (tertiary/aromatic N) is 1. The summed E-state index contributed by atoms with van der Waals surface area (Å²) in [5, 5.41) is 56.4. The number of aliphatic hydroxyl groups excluding tert-OH is 2. The number of primary amides is 1. The van der Waals surface area contributed by atoms with E-state index in [1.54, 1.807) is 0 Å². The Labute approximate surface area is 385 Å². The fourth-order valence-electron chi connectivity index (χ4n) is 5.72. The number of unbranched alkanes of at least 4 members (excludes halogenated alkanes) is 1. The van der Waals surface area contributed by atoms with Gasteiger partial charge in [-0.05, 0) is 64.3 Å². The highest BCUT2D eigenvalue weighted by Crippen LogP contribution is 2.09. The van der Waals surface area contributed by atoms with Crippen molar-refractivity contribution in [3.05, 3.63) is 0 Å². The number of aliphatic hydroxyl groups is 2. The quantitative estimate of drug-likeness (QED) is 0.0162. The van der Waals surface area contributed by atoms with Crippen LogP contribution in [-0.2, 0) is 52.7 Å². The lowest BCUT2D eigenvalue weighted by atomic mass is 10.0. The Kier molecular flexibility index (Phi) is 28.8. The maximum atomic E-state index is 13.6.